The van der Waals surface area contributed by atoms with Crippen molar-refractivity contribution in [2.75, 3.05) is 11.9 Å². The van der Waals surface area contributed by atoms with Crippen molar-refractivity contribution in [1.29, 1.82) is 0 Å². The van der Waals surface area contributed by atoms with Gasteiger partial charge in [0.15, 0.2) is 17.7 Å². The minimum Gasteiger partial charge on any atom is -0.478 e. The van der Waals surface area contributed by atoms with Crippen LogP contribution in [0.3, 0.4) is 0 Å². The van der Waals surface area contributed by atoms with Crippen molar-refractivity contribution in [2.24, 2.45) is 0 Å². The summed E-state index contributed by atoms with van der Waals surface area (Å²) in [6.45, 7) is 5.42. The Bertz CT molecular complexity index is 1050. The lowest BCUT2D eigenvalue weighted by Gasteiger charge is -2.15. The topological polar surface area (TPSA) is 64.6 Å². The summed E-state index contributed by atoms with van der Waals surface area (Å²) in [5.74, 6) is -1.59. The number of carbonyl (C=O) groups is 2. The molecule has 1 heterocycles. The minimum absolute atomic E-state index is 0.0164. The summed E-state index contributed by atoms with van der Waals surface area (Å²) in [5.41, 5.74) is 2.91. The van der Waals surface area contributed by atoms with E-state index in [-0.39, 0.29) is 17.9 Å². The van der Waals surface area contributed by atoms with E-state index >= 15 is 0 Å². The second-order valence-electron chi connectivity index (χ2n) is 6.62. The number of benzene rings is 2. The maximum absolute atomic E-state index is 13.8. The summed E-state index contributed by atoms with van der Waals surface area (Å²) >= 11 is 1.22. The van der Waals surface area contributed by atoms with Crippen LogP contribution in [0.25, 0.3) is 11.1 Å². The third-order valence-electron chi connectivity index (χ3n) is 4.38. The van der Waals surface area contributed by atoms with Crippen molar-refractivity contribution in [2.45, 2.75) is 26.9 Å². The third-order valence-corrected chi connectivity index (χ3v) is 5.27. The van der Waals surface area contributed by atoms with E-state index in [1.165, 1.54) is 36.5 Å². The molecular weight excluding hydrogens is 405 g/mol. The van der Waals surface area contributed by atoms with E-state index in [2.05, 4.69) is 5.32 Å². The number of para-hydroxylation sites is 1. The van der Waals surface area contributed by atoms with Crippen LogP contribution in [0.4, 0.5) is 9.39 Å². The molecule has 0 aliphatic carbocycles. The largest absolute Gasteiger partial charge is 0.478 e. The first kappa shape index (κ1) is 21.5. The molecule has 0 bridgehead atoms. The molecule has 156 valence electrons. The van der Waals surface area contributed by atoms with Gasteiger partial charge in [-0.15, -0.1) is 11.3 Å². The Labute approximate surface area is 178 Å². The SMILES string of the molecule is CCOC(=O)c1c(-c2ccc(C)cc2)csc1NC(=O)[C@H](C)Oc1ccccc1F. The van der Waals surface area contributed by atoms with Crippen molar-refractivity contribution < 1.29 is 23.5 Å². The molecule has 30 heavy (non-hydrogen) atoms. The summed E-state index contributed by atoms with van der Waals surface area (Å²) in [5, 5.41) is 4.88. The number of aryl methyl sites for hydroxylation is 1. The van der Waals surface area contributed by atoms with Crippen LogP contribution in [0.2, 0.25) is 0 Å². The van der Waals surface area contributed by atoms with Crippen LogP contribution < -0.4 is 10.1 Å². The summed E-state index contributed by atoms with van der Waals surface area (Å²) in [7, 11) is 0. The van der Waals surface area contributed by atoms with Crippen molar-refractivity contribution in [1.82, 2.24) is 0 Å². The fraction of sp³-hybridized carbons (Fsp3) is 0.217. The maximum atomic E-state index is 13.8. The molecule has 0 saturated carbocycles. The van der Waals surface area contributed by atoms with Gasteiger partial charge in [0.25, 0.3) is 5.91 Å². The van der Waals surface area contributed by atoms with Crippen LogP contribution in [0.15, 0.2) is 53.9 Å². The standard InChI is InChI=1S/C23H22FNO4S/c1-4-28-23(27)20-17(16-11-9-14(2)10-12-16)13-30-22(20)25-21(26)15(3)29-19-8-6-5-7-18(19)24/h5-13,15H,4H2,1-3H3,(H,25,26)/t15-/m0/s1. The Morgan fingerprint density at radius 1 is 1.13 bits per heavy atom. The molecule has 0 aliphatic heterocycles. The summed E-state index contributed by atoms with van der Waals surface area (Å²) in [6, 6.07) is 13.6. The highest BCUT2D eigenvalue weighted by Gasteiger charge is 2.25. The molecule has 1 amide bonds. The normalized spacial score (nSPS) is 11.6. The number of esters is 1. The smallest absolute Gasteiger partial charge is 0.341 e. The number of hydrogen-bond acceptors (Lipinski definition) is 5. The molecule has 0 aliphatic rings. The molecule has 5 nitrogen and oxygen atoms in total. The van der Waals surface area contributed by atoms with Gasteiger partial charge >= 0.3 is 5.97 Å². The average Bonchev–Trinajstić information content (AvgIpc) is 3.14. The molecule has 0 radical (unpaired) electrons. The van der Waals surface area contributed by atoms with Gasteiger partial charge in [0.05, 0.1) is 6.61 Å². The monoisotopic (exact) mass is 427 g/mol. The summed E-state index contributed by atoms with van der Waals surface area (Å²) in [6.07, 6.45) is -0.970. The molecule has 1 N–H and O–H groups in total. The van der Waals surface area contributed by atoms with Gasteiger partial charge in [-0.2, -0.15) is 0 Å². The molecule has 2 aromatic carbocycles. The Morgan fingerprint density at radius 3 is 2.50 bits per heavy atom. The van der Waals surface area contributed by atoms with E-state index in [1.54, 1.807) is 18.4 Å². The first-order valence-electron chi connectivity index (χ1n) is 9.48. The molecule has 0 fully saturated rings. The number of ether oxygens (including phenoxy) is 2. The molecule has 7 heteroatoms. The number of nitrogens with one attached hydrogen (secondary N) is 1. The van der Waals surface area contributed by atoms with Crippen LogP contribution in [-0.2, 0) is 9.53 Å². The van der Waals surface area contributed by atoms with Gasteiger partial charge in [-0.1, -0.05) is 42.0 Å². The van der Waals surface area contributed by atoms with Gasteiger partial charge in [-0.3, -0.25) is 4.79 Å². The lowest BCUT2D eigenvalue weighted by molar-refractivity contribution is -0.122. The summed E-state index contributed by atoms with van der Waals surface area (Å²) < 4.78 is 24.4. The van der Waals surface area contributed by atoms with E-state index in [4.69, 9.17) is 9.47 Å². The Kier molecular flexibility index (Phi) is 6.84. The van der Waals surface area contributed by atoms with Crippen molar-refractivity contribution in [3.8, 4) is 16.9 Å². The fourth-order valence-electron chi connectivity index (χ4n) is 2.80. The van der Waals surface area contributed by atoms with Crippen molar-refractivity contribution >= 4 is 28.2 Å². The number of halogens is 1. The Balaban J connectivity index is 1.86. The van der Waals surface area contributed by atoms with Crippen LogP contribution in [0, 0.1) is 12.7 Å². The molecule has 0 unspecified atom stereocenters. The van der Waals surface area contributed by atoms with Crippen LogP contribution in [0.1, 0.15) is 29.8 Å². The Morgan fingerprint density at radius 2 is 1.83 bits per heavy atom. The zero-order chi connectivity index (χ0) is 21.7. The van der Waals surface area contributed by atoms with Gasteiger partial charge < -0.3 is 14.8 Å². The van der Waals surface area contributed by atoms with Gasteiger partial charge in [-0.25, -0.2) is 9.18 Å². The molecular formula is C23H22FNO4S. The minimum atomic E-state index is -0.970. The van der Waals surface area contributed by atoms with Crippen LogP contribution in [-0.4, -0.2) is 24.6 Å². The summed E-state index contributed by atoms with van der Waals surface area (Å²) in [4.78, 5) is 25.3. The number of anilines is 1. The highest BCUT2D eigenvalue weighted by Crippen LogP contribution is 2.36. The lowest BCUT2D eigenvalue weighted by Crippen LogP contribution is -2.30. The zero-order valence-corrected chi connectivity index (χ0v) is 17.7. The van der Waals surface area contributed by atoms with E-state index in [1.807, 2.05) is 31.2 Å². The van der Waals surface area contributed by atoms with Gasteiger partial charge in [0.1, 0.15) is 10.6 Å². The molecule has 3 aromatic rings. The molecule has 0 spiro atoms. The van der Waals surface area contributed by atoms with Crippen LogP contribution >= 0.6 is 11.3 Å². The van der Waals surface area contributed by atoms with Crippen molar-refractivity contribution in [3.05, 3.63) is 70.9 Å². The van der Waals surface area contributed by atoms with E-state index in [0.717, 1.165) is 11.1 Å². The highest BCUT2D eigenvalue weighted by atomic mass is 32.1. The number of hydrogen-bond donors (Lipinski definition) is 1. The second-order valence-corrected chi connectivity index (χ2v) is 7.50. The number of amides is 1. The second kappa shape index (κ2) is 9.54. The first-order chi connectivity index (χ1) is 14.4. The zero-order valence-electron chi connectivity index (χ0n) is 16.9. The third kappa shape index (κ3) is 4.86. The van der Waals surface area contributed by atoms with Crippen molar-refractivity contribution in [3.63, 3.8) is 0 Å². The van der Waals surface area contributed by atoms with E-state index < -0.39 is 23.8 Å². The first-order valence-corrected chi connectivity index (χ1v) is 10.4. The van der Waals surface area contributed by atoms with E-state index in [9.17, 15) is 14.0 Å². The van der Waals surface area contributed by atoms with Crippen LogP contribution in [0.5, 0.6) is 5.75 Å². The predicted octanol–water partition coefficient (Wildman–Crippen LogP) is 5.45. The highest BCUT2D eigenvalue weighted by molar-refractivity contribution is 7.15. The molecule has 3 rings (SSSR count). The molecule has 1 atom stereocenters. The van der Waals surface area contributed by atoms with E-state index in [0.29, 0.717) is 10.6 Å². The average molecular weight is 427 g/mol. The Hall–Kier alpha value is -3.19. The fourth-order valence-corrected chi connectivity index (χ4v) is 3.76. The quantitative estimate of drug-likeness (QED) is 0.510. The number of carbonyl (C=O) groups excluding carboxylic acids is 2. The van der Waals surface area contributed by atoms with Gasteiger partial charge in [0.2, 0.25) is 0 Å². The number of thiophene rings is 1. The molecule has 0 saturated heterocycles. The number of rotatable bonds is 7. The maximum Gasteiger partial charge on any atom is 0.341 e. The van der Waals surface area contributed by atoms with Gasteiger partial charge in [0, 0.05) is 10.9 Å². The van der Waals surface area contributed by atoms with Gasteiger partial charge in [-0.05, 0) is 38.5 Å². The molecule has 1 aromatic heterocycles. The lowest BCUT2D eigenvalue weighted by atomic mass is 10.0. The predicted molar refractivity (Wildman–Crippen MR) is 116 cm³/mol.